The van der Waals surface area contributed by atoms with Crippen LogP contribution in [-0.2, 0) is 0 Å². The zero-order valence-corrected chi connectivity index (χ0v) is 20.2. The normalized spacial score (nSPS) is 11.2. The van der Waals surface area contributed by atoms with E-state index in [2.05, 4.69) is 15.5 Å². The predicted octanol–water partition coefficient (Wildman–Crippen LogP) is 4.33. The van der Waals surface area contributed by atoms with E-state index >= 15 is 0 Å². The number of amides is 2. The van der Waals surface area contributed by atoms with Crippen LogP contribution in [0.4, 0.5) is 5.69 Å². The number of carbonyl (C=O) groups is 2. The molecule has 37 heavy (non-hydrogen) atoms. The molecule has 0 saturated carbocycles. The molecule has 9 nitrogen and oxygen atoms in total. The number of fused-ring (bicyclic) bond motifs is 3. The van der Waals surface area contributed by atoms with E-state index in [0.717, 1.165) is 33.1 Å². The van der Waals surface area contributed by atoms with Gasteiger partial charge in [0.25, 0.3) is 11.8 Å². The molecule has 0 aliphatic heterocycles. The predicted molar refractivity (Wildman–Crippen MR) is 144 cm³/mol. The van der Waals surface area contributed by atoms with Gasteiger partial charge in [-0.1, -0.05) is 42.5 Å². The summed E-state index contributed by atoms with van der Waals surface area (Å²) in [5.74, 6) is -1.06. The van der Waals surface area contributed by atoms with E-state index in [0.29, 0.717) is 16.8 Å². The van der Waals surface area contributed by atoms with Crippen molar-refractivity contribution in [2.45, 2.75) is 0 Å². The molecule has 0 fully saturated rings. The zero-order valence-electron chi connectivity index (χ0n) is 20.2. The quantitative estimate of drug-likeness (QED) is 0.160. The monoisotopic (exact) mass is 492 g/mol. The minimum absolute atomic E-state index is 0.232. The van der Waals surface area contributed by atoms with Gasteiger partial charge in [0.15, 0.2) is 0 Å². The zero-order chi connectivity index (χ0) is 25.9. The van der Waals surface area contributed by atoms with Gasteiger partial charge in [-0.15, -0.1) is 0 Å². The number of carbonyl (C=O) groups excluding carboxylic acids is 2. The van der Waals surface area contributed by atoms with Crippen molar-refractivity contribution in [3.63, 3.8) is 0 Å². The van der Waals surface area contributed by atoms with Crippen LogP contribution in [0.5, 0.6) is 0 Å². The first-order valence-corrected chi connectivity index (χ1v) is 11.5. The summed E-state index contributed by atoms with van der Waals surface area (Å²) in [4.78, 5) is 34.7. The number of hydrogen-bond donors (Lipinski definition) is 4. The van der Waals surface area contributed by atoms with Crippen LogP contribution in [0, 0.1) is 0 Å². The molecule has 0 aliphatic rings. The van der Waals surface area contributed by atoms with Crippen molar-refractivity contribution in [1.29, 1.82) is 0 Å². The molecule has 2 heterocycles. The second-order valence-electron chi connectivity index (χ2n) is 8.65. The summed E-state index contributed by atoms with van der Waals surface area (Å²) in [7, 11) is 3.96. The van der Waals surface area contributed by atoms with E-state index in [1.165, 1.54) is 18.3 Å². The van der Waals surface area contributed by atoms with Crippen LogP contribution in [0.25, 0.3) is 33.1 Å². The highest BCUT2D eigenvalue weighted by atomic mass is 16.5. The number of aromatic amines is 1. The van der Waals surface area contributed by atoms with Gasteiger partial charge in [0.05, 0.1) is 17.4 Å². The topological polar surface area (TPSA) is 123 Å². The van der Waals surface area contributed by atoms with Crippen LogP contribution in [0.2, 0.25) is 0 Å². The molecule has 5 aromatic rings. The second-order valence-corrected chi connectivity index (χ2v) is 8.65. The van der Waals surface area contributed by atoms with Crippen LogP contribution in [0.1, 0.15) is 26.4 Å². The third kappa shape index (κ3) is 4.75. The Morgan fingerprint density at radius 1 is 0.946 bits per heavy atom. The molecule has 0 radical (unpaired) electrons. The maximum Gasteiger partial charge on any atom is 0.289 e. The molecule has 0 saturated heterocycles. The van der Waals surface area contributed by atoms with E-state index in [1.54, 1.807) is 23.7 Å². The van der Waals surface area contributed by atoms with Crippen molar-refractivity contribution in [2.75, 3.05) is 19.0 Å². The summed E-state index contributed by atoms with van der Waals surface area (Å²) in [5, 5.41) is 14.7. The van der Waals surface area contributed by atoms with E-state index in [9.17, 15) is 9.59 Å². The molecule has 5 rings (SSSR count). The third-order valence-corrected chi connectivity index (χ3v) is 6.04. The Morgan fingerprint density at radius 2 is 1.68 bits per heavy atom. The van der Waals surface area contributed by atoms with Crippen molar-refractivity contribution in [3.05, 3.63) is 95.7 Å². The van der Waals surface area contributed by atoms with Crippen LogP contribution in [0.3, 0.4) is 0 Å². The Morgan fingerprint density at radius 3 is 2.38 bits per heavy atom. The summed E-state index contributed by atoms with van der Waals surface area (Å²) in [5.41, 5.74) is 9.73. The Labute approximate surface area is 212 Å². The SMILES string of the molecule is CN(C)c1ccc(-c2nc(C(=O)N/N=C/c3ccc(C(=O)NO)cc3)cc3c2[nH]c2ccccc23)cc1. The lowest BCUT2D eigenvalue weighted by molar-refractivity contribution is 0.0706. The first-order chi connectivity index (χ1) is 17.9. The highest BCUT2D eigenvalue weighted by Crippen LogP contribution is 2.33. The molecular weight excluding hydrogens is 468 g/mol. The van der Waals surface area contributed by atoms with Gasteiger partial charge in [-0.05, 0) is 42.0 Å². The van der Waals surface area contributed by atoms with Crippen LogP contribution >= 0.6 is 0 Å². The van der Waals surface area contributed by atoms with E-state index < -0.39 is 11.8 Å². The number of hydroxylamine groups is 1. The number of rotatable bonds is 6. The molecular formula is C28H24N6O3. The summed E-state index contributed by atoms with van der Waals surface area (Å²) in [6, 6.07) is 24.0. The standard InChI is InChI=1S/C28H24N6O3/c1-34(2)20-13-11-18(12-14-20)25-26-22(21-5-3-4-6-23(21)30-26)15-24(31-25)28(36)32-29-16-17-7-9-19(10-8-17)27(35)33-37/h3-16,30,37H,1-2H3,(H,32,36)(H,33,35)/b29-16+. The van der Waals surface area contributed by atoms with Crippen molar-refractivity contribution < 1.29 is 14.8 Å². The average Bonchev–Trinajstić information content (AvgIpc) is 3.31. The fraction of sp³-hybridized carbons (Fsp3) is 0.0714. The largest absolute Gasteiger partial charge is 0.378 e. The number of benzene rings is 3. The van der Waals surface area contributed by atoms with Gasteiger partial charge >= 0.3 is 0 Å². The van der Waals surface area contributed by atoms with Crippen molar-refractivity contribution in [3.8, 4) is 11.3 Å². The van der Waals surface area contributed by atoms with Gasteiger partial charge in [-0.3, -0.25) is 14.8 Å². The summed E-state index contributed by atoms with van der Waals surface area (Å²) in [6.45, 7) is 0. The van der Waals surface area contributed by atoms with Crippen molar-refractivity contribution >= 4 is 45.5 Å². The Kier molecular flexibility index (Phi) is 6.36. The number of hydrogen-bond acceptors (Lipinski definition) is 6. The van der Waals surface area contributed by atoms with Gasteiger partial charge in [-0.25, -0.2) is 15.9 Å². The van der Waals surface area contributed by atoms with Crippen LogP contribution in [-0.4, -0.2) is 47.3 Å². The molecule has 4 N–H and O–H groups in total. The lowest BCUT2D eigenvalue weighted by Crippen LogP contribution is -2.19. The number of para-hydroxylation sites is 1. The molecule has 184 valence electrons. The Bertz CT molecular complexity index is 1640. The fourth-order valence-corrected chi connectivity index (χ4v) is 4.10. The lowest BCUT2D eigenvalue weighted by Gasteiger charge is -2.13. The van der Waals surface area contributed by atoms with E-state index in [1.807, 2.05) is 67.5 Å². The van der Waals surface area contributed by atoms with Gasteiger partial charge in [0.2, 0.25) is 0 Å². The van der Waals surface area contributed by atoms with Gasteiger partial charge in [0.1, 0.15) is 5.69 Å². The smallest absolute Gasteiger partial charge is 0.289 e. The van der Waals surface area contributed by atoms with Crippen molar-refractivity contribution in [2.24, 2.45) is 5.10 Å². The number of hydrazone groups is 1. The molecule has 9 heteroatoms. The summed E-state index contributed by atoms with van der Waals surface area (Å²) in [6.07, 6.45) is 1.46. The number of nitrogens with zero attached hydrogens (tertiary/aromatic N) is 3. The highest BCUT2D eigenvalue weighted by Gasteiger charge is 2.17. The average molecular weight is 493 g/mol. The number of pyridine rings is 1. The molecule has 3 aromatic carbocycles. The lowest BCUT2D eigenvalue weighted by atomic mass is 10.1. The molecule has 2 amide bonds. The minimum Gasteiger partial charge on any atom is -0.378 e. The highest BCUT2D eigenvalue weighted by molar-refractivity contribution is 6.13. The molecule has 0 unspecified atom stereocenters. The van der Waals surface area contributed by atoms with E-state index in [-0.39, 0.29) is 5.69 Å². The number of H-pyrrole nitrogens is 1. The Balaban J connectivity index is 1.48. The second kappa shape index (κ2) is 9.92. The molecule has 0 bridgehead atoms. The van der Waals surface area contributed by atoms with Gasteiger partial charge in [-0.2, -0.15) is 5.10 Å². The first kappa shape index (κ1) is 23.7. The fourth-order valence-electron chi connectivity index (χ4n) is 4.10. The minimum atomic E-state index is -0.609. The maximum absolute atomic E-state index is 13.1. The van der Waals surface area contributed by atoms with Gasteiger partial charge in [0, 0.05) is 47.2 Å². The molecule has 0 aliphatic carbocycles. The molecule has 0 atom stereocenters. The van der Waals surface area contributed by atoms with E-state index in [4.69, 9.17) is 10.2 Å². The molecule has 2 aromatic heterocycles. The Hall–Kier alpha value is -5.02. The summed E-state index contributed by atoms with van der Waals surface area (Å²) >= 11 is 0. The number of anilines is 1. The van der Waals surface area contributed by atoms with Crippen molar-refractivity contribution in [1.82, 2.24) is 20.9 Å². The van der Waals surface area contributed by atoms with Crippen LogP contribution in [0.15, 0.2) is 84.0 Å². The van der Waals surface area contributed by atoms with Gasteiger partial charge < -0.3 is 9.88 Å². The molecule has 0 spiro atoms. The first-order valence-electron chi connectivity index (χ1n) is 11.5. The number of nitrogens with one attached hydrogen (secondary N) is 3. The van der Waals surface area contributed by atoms with Crippen LogP contribution < -0.4 is 15.8 Å². The third-order valence-electron chi connectivity index (χ3n) is 6.04. The number of aromatic nitrogens is 2. The summed E-state index contributed by atoms with van der Waals surface area (Å²) < 4.78 is 0. The maximum atomic E-state index is 13.1.